The van der Waals surface area contributed by atoms with Gasteiger partial charge in [-0.25, -0.2) is 0 Å². The first-order valence-corrected chi connectivity index (χ1v) is 10.2. The van der Waals surface area contributed by atoms with Crippen molar-refractivity contribution in [2.24, 2.45) is 5.73 Å². The van der Waals surface area contributed by atoms with E-state index in [-0.39, 0.29) is 31.4 Å². The maximum atomic E-state index is 12.0. The van der Waals surface area contributed by atoms with Gasteiger partial charge in [0.25, 0.3) is 0 Å². The molecule has 0 aromatic heterocycles. The van der Waals surface area contributed by atoms with Crippen molar-refractivity contribution in [3.05, 3.63) is 34.9 Å². The first-order valence-electron chi connectivity index (χ1n) is 10.2. The van der Waals surface area contributed by atoms with Gasteiger partial charge in [-0.3, -0.25) is 14.4 Å². The molecule has 0 heterocycles. The molecule has 0 aliphatic heterocycles. The SMILES string of the molecule is CC(C)OC(=O)[C@@H](N)Cc1ccc(CCCCC(=O)O)c(CCCCC(=O)O)c1.Cl. The smallest absolute Gasteiger partial charge is 0.323 e. The Morgan fingerprint density at radius 2 is 1.47 bits per heavy atom. The molecule has 7 nitrogen and oxygen atoms in total. The summed E-state index contributed by atoms with van der Waals surface area (Å²) in [7, 11) is 0. The molecular formula is C22H34ClNO6. The quantitative estimate of drug-likeness (QED) is 0.296. The number of ether oxygens (including phenoxy) is 1. The lowest BCUT2D eigenvalue weighted by molar-refractivity contribution is -0.149. The minimum absolute atomic E-state index is 0. The molecule has 0 amide bonds. The maximum Gasteiger partial charge on any atom is 0.323 e. The van der Waals surface area contributed by atoms with Gasteiger partial charge >= 0.3 is 17.9 Å². The van der Waals surface area contributed by atoms with Crippen molar-refractivity contribution < 1.29 is 29.3 Å². The van der Waals surface area contributed by atoms with Crippen LogP contribution in [0.25, 0.3) is 0 Å². The maximum absolute atomic E-state index is 12.0. The van der Waals surface area contributed by atoms with Gasteiger partial charge in [-0.2, -0.15) is 0 Å². The van der Waals surface area contributed by atoms with Gasteiger partial charge in [-0.05, 0) is 75.5 Å². The Kier molecular flexibility index (Phi) is 13.8. The molecule has 30 heavy (non-hydrogen) atoms. The number of nitrogens with two attached hydrogens (primary N) is 1. The summed E-state index contributed by atoms with van der Waals surface area (Å²) < 4.78 is 5.16. The van der Waals surface area contributed by atoms with E-state index < -0.39 is 23.9 Å². The van der Waals surface area contributed by atoms with E-state index in [1.54, 1.807) is 13.8 Å². The average molecular weight is 444 g/mol. The third-order valence-corrected chi connectivity index (χ3v) is 4.55. The summed E-state index contributed by atoms with van der Waals surface area (Å²) in [6, 6.07) is 5.23. The van der Waals surface area contributed by atoms with Crippen LogP contribution in [0, 0.1) is 0 Å². The van der Waals surface area contributed by atoms with E-state index in [1.165, 1.54) is 0 Å². The van der Waals surface area contributed by atoms with E-state index in [9.17, 15) is 14.4 Å². The van der Waals surface area contributed by atoms with Crippen molar-refractivity contribution in [3.8, 4) is 0 Å². The summed E-state index contributed by atoms with van der Waals surface area (Å²) in [6.45, 7) is 3.55. The van der Waals surface area contributed by atoms with Crippen molar-refractivity contribution >= 4 is 30.3 Å². The summed E-state index contributed by atoms with van der Waals surface area (Å²) in [5, 5.41) is 17.6. The molecule has 0 spiro atoms. The van der Waals surface area contributed by atoms with Gasteiger partial charge in [0.05, 0.1) is 6.10 Å². The van der Waals surface area contributed by atoms with Gasteiger partial charge in [0, 0.05) is 12.8 Å². The van der Waals surface area contributed by atoms with E-state index in [2.05, 4.69) is 0 Å². The number of aryl methyl sites for hydroxylation is 2. The zero-order valence-electron chi connectivity index (χ0n) is 17.8. The number of halogens is 1. The molecule has 1 aromatic carbocycles. The Hall–Kier alpha value is -2.12. The fourth-order valence-electron chi connectivity index (χ4n) is 3.12. The summed E-state index contributed by atoms with van der Waals surface area (Å²) in [5.74, 6) is -2.03. The van der Waals surface area contributed by atoms with Crippen LogP contribution in [0.4, 0.5) is 0 Å². The lowest BCUT2D eigenvalue weighted by Gasteiger charge is -2.16. The Bertz CT molecular complexity index is 692. The molecule has 0 fully saturated rings. The fraction of sp³-hybridized carbons (Fsp3) is 0.591. The van der Waals surface area contributed by atoms with Crippen LogP contribution in [0.1, 0.15) is 69.1 Å². The second kappa shape index (κ2) is 14.8. The van der Waals surface area contributed by atoms with Gasteiger partial charge < -0.3 is 20.7 Å². The minimum Gasteiger partial charge on any atom is -0.481 e. The number of carboxylic acids is 2. The number of carboxylic acid groups (broad SMARTS) is 2. The minimum atomic E-state index is -0.803. The Morgan fingerprint density at radius 3 is 1.97 bits per heavy atom. The molecule has 4 N–H and O–H groups in total. The van der Waals surface area contributed by atoms with Crippen LogP contribution in [-0.4, -0.2) is 40.3 Å². The van der Waals surface area contributed by atoms with Crippen LogP contribution in [0.5, 0.6) is 0 Å². The number of aliphatic carboxylic acids is 2. The molecular weight excluding hydrogens is 410 g/mol. The highest BCUT2D eigenvalue weighted by Crippen LogP contribution is 2.19. The first kappa shape index (κ1) is 27.9. The highest BCUT2D eigenvalue weighted by Gasteiger charge is 2.17. The molecule has 0 aliphatic rings. The molecule has 0 unspecified atom stereocenters. The molecule has 1 rings (SSSR count). The highest BCUT2D eigenvalue weighted by atomic mass is 35.5. The summed E-state index contributed by atoms with van der Waals surface area (Å²) in [5.41, 5.74) is 9.14. The van der Waals surface area contributed by atoms with Crippen LogP contribution >= 0.6 is 12.4 Å². The third-order valence-electron chi connectivity index (χ3n) is 4.55. The summed E-state index contributed by atoms with van der Waals surface area (Å²) in [6.07, 6.45) is 4.68. The van der Waals surface area contributed by atoms with Crippen LogP contribution in [0.3, 0.4) is 0 Å². The molecule has 170 valence electrons. The van der Waals surface area contributed by atoms with E-state index in [1.807, 2.05) is 18.2 Å². The predicted octanol–water partition coefficient (Wildman–Crippen LogP) is 3.52. The largest absolute Gasteiger partial charge is 0.481 e. The number of carbonyl (C=O) groups is 3. The zero-order valence-corrected chi connectivity index (χ0v) is 18.6. The van der Waals surface area contributed by atoms with Crippen molar-refractivity contribution in [1.29, 1.82) is 0 Å². The van der Waals surface area contributed by atoms with Gasteiger partial charge in [-0.1, -0.05) is 18.2 Å². The summed E-state index contributed by atoms with van der Waals surface area (Å²) >= 11 is 0. The van der Waals surface area contributed by atoms with E-state index in [0.29, 0.717) is 19.3 Å². The van der Waals surface area contributed by atoms with Gasteiger partial charge in [0.1, 0.15) is 6.04 Å². The molecule has 0 bridgehead atoms. The first-order chi connectivity index (χ1) is 13.7. The Labute approximate surface area is 184 Å². The van der Waals surface area contributed by atoms with Crippen LogP contribution < -0.4 is 5.73 Å². The average Bonchev–Trinajstić information content (AvgIpc) is 2.62. The number of esters is 1. The normalized spacial score (nSPS) is 11.6. The third kappa shape index (κ3) is 11.8. The lowest BCUT2D eigenvalue weighted by Crippen LogP contribution is -2.35. The highest BCUT2D eigenvalue weighted by molar-refractivity contribution is 5.85. The van der Waals surface area contributed by atoms with E-state index in [4.69, 9.17) is 20.7 Å². The monoisotopic (exact) mass is 443 g/mol. The molecule has 0 aliphatic carbocycles. The van der Waals surface area contributed by atoms with Gasteiger partial charge in [0.15, 0.2) is 0 Å². The molecule has 1 aromatic rings. The molecule has 0 radical (unpaired) electrons. The number of rotatable bonds is 14. The topological polar surface area (TPSA) is 127 Å². The molecule has 0 saturated carbocycles. The van der Waals surface area contributed by atoms with E-state index >= 15 is 0 Å². The van der Waals surface area contributed by atoms with Crippen molar-refractivity contribution in [1.82, 2.24) is 0 Å². The van der Waals surface area contributed by atoms with Crippen molar-refractivity contribution in [3.63, 3.8) is 0 Å². The molecule has 0 saturated heterocycles. The van der Waals surface area contributed by atoms with Crippen LogP contribution in [-0.2, 0) is 38.4 Å². The number of hydrogen-bond acceptors (Lipinski definition) is 5. The van der Waals surface area contributed by atoms with Crippen LogP contribution in [0.2, 0.25) is 0 Å². The number of unbranched alkanes of at least 4 members (excludes halogenated alkanes) is 2. The molecule has 1 atom stereocenters. The Morgan fingerprint density at radius 1 is 0.933 bits per heavy atom. The van der Waals surface area contributed by atoms with Crippen molar-refractivity contribution in [2.75, 3.05) is 0 Å². The van der Waals surface area contributed by atoms with Crippen LogP contribution in [0.15, 0.2) is 18.2 Å². The zero-order chi connectivity index (χ0) is 21.8. The standard InChI is InChI=1S/C22H33NO6.ClH/c1-15(2)29-22(28)19(23)14-16-11-12-17(7-3-5-9-20(24)25)18(13-16)8-4-6-10-21(26)27;/h11-13,15,19H,3-10,14,23H2,1-2H3,(H,24,25)(H,26,27);1H/t19-;/m0./s1. The fourth-order valence-corrected chi connectivity index (χ4v) is 3.12. The Balaban J connectivity index is 0.00000841. The number of benzene rings is 1. The van der Waals surface area contributed by atoms with Crippen molar-refractivity contribution in [2.45, 2.75) is 83.8 Å². The van der Waals surface area contributed by atoms with E-state index in [0.717, 1.165) is 42.4 Å². The second-order valence-electron chi connectivity index (χ2n) is 7.60. The van der Waals surface area contributed by atoms with Gasteiger partial charge in [0.2, 0.25) is 0 Å². The number of carbonyl (C=O) groups excluding carboxylic acids is 1. The van der Waals surface area contributed by atoms with Gasteiger partial charge in [-0.15, -0.1) is 12.4 Å². The second-order valence-corrected chi connectivity index (χ2v) is 7.60. The lowest BCUT2D eigenvalue weighted by atomic mass is 9.93. The number of hydrogen-bond donors (Lipinski definition) is 3. The predicted molar refractivity (Wildman–Crippen MR) is 117 cm³/mol. The molecule has 8 heteroatoms. The summed E-state index contributed by atoms with van der Waals surface area (Å²) in [4.78, 5) is 33.4.